The van der Waals surface area contributed by atoms with E-state index in [9.17, 15) is 4.79 Å². The van der Waals surface area contributed by atoms with Gasteiger partial charge in [-0.3, -0.25) is 4.79 Å². The van der Waals surface area contributed by atoms with E-state index in [1.165, 1.54) is 5.56 Å². The van der Waals surface area contributed by atoms with Crippen LogP contribution in [0.4, 0.5) is 0 Å². The van der Waals surface area contributed by atoms with Crippen LogP contribution in [0.25, 0.3) is 0 Å². The molecule has 1 heteroatoms. The summed E-state index contributed by atoms with van der Waals surface area (Å²) in [5.74, 6) is 0.344. The molecule has 0 radical (unpaired) electrons. The molecule has 14 heavy (non-hydrogen) atoms. The maximum absolute atomic E-state index is 11.4. The number of benzene rings is 1. The molecule has 0 fully saturated rings. The van der Waals surface area contributed by atoms with Crippen molar-refractivity contribution in [3.8, 4) is 0 Å². The lowest BCUT2D eigenvalue weighted by atomic mass is 10.0. The molecular weight excluding hydrogens is 172 g/mol. The Morgan fingerprint density at radius 2 is 1.64 bits per heavy atom. The van der Waals surface area contributed by atoms with Crippen LogP contribution in [0.3, 0.4) is 0 Å². The molecule has 0 aliphatic rings. The molecule has 0 spiro atoms. The minimum Gasteiger partial charge on any atom is -0.299 e. The molecule has 1 aromatic rings. The minimum absolute atomic E-state index is 0.344. The van der Waals surface area contributed by atoms with Crippen molar-refractivity contribution in [3.63, 3.8) is 0 Å². The molecule has 0 unspecified atom stereocenters. The molecule has 0 N–H and O–H groups in total. The number of hydrogen-bond donors (Lipinski definition) is 0. The molecule has 1 aromatic carbocycles. The van der Waals surface area contributed by atoms with E-state index in [1.54, 1.807) is 0 Å². The number of ketones is 1. The molecule has 0 bridgehead atoms. The van der Waals surface area contributed by atoms with Gasteiger partial charge in [0.05, 0.1) is 0 Å². The van der Waals surface area contributed by atoms with Gasteiger partial charge in [-0.25, -0.2) is 0 Å². The summed E-state index contributed by atoms with van der Waals surface area (Å²) in [6.45, 7) is 4.18. The molecular formula is C13H18O. The maximum atomic E-state index is 11.4. The Bertz CT molecular complexity index is 285. The highest BCUT2D eigenvalue weighted by Gasteiger charge is 2.01. The third kappa shape index (κ3) is 3.33. The Labute approximate surface area is 86.1 Å². The van der Waals surface area contributed by atoms with Gasteiger partial charge in [0.2, 0.25) is 0 Å². The van der Waals surface area contributed by atoms with Crippen LogP contribution in [-0.4, -0.2) is 5.78 Å². The highest BCUT2D eigenvalue weighted by Crippen LogP contribution is 2.07. The fourth-order valence-corrected chi connectivity index (χ4v) is 1.49. The molecule has 0 aromatic heterocycles. The number of aryl methyl sites for hydroxylation is 1. The largest absolute Gasteiger partial charge is 0.299 e. The van der Waals surface area contributed by atoms with E-state index in [0.29, 0.717) is 18.6 Å². The van der Waals surface area contributed by atoms with Crippen LogP contribution in [0.15, 0.2) is 24.3 Å². The second-order valence-corrected chi connectivity index (χ2v) is 3.64. The first-order valence-electron chi connectivity index (χ1n) is 5.35. The van der Waals surface area contributed by atoms with Crippen LogP contribution in [0.1, 0.15) is 37.8 Å². The highest BCUT2D eigenvalue weighted by molar-refractivity contribution is 5.80. The zero-order valence-corrected chi connectivity index (χ0v) is 9.05. The van der Waals surface area contributed by atoms with Crippen molar-refractivity contribution in [3.05, 3.63) is 35.4 Å². The van der Waals surface area contributed by atoms with Crippen molar-refractivity contribution in [2.75, 3.05) is 0 Å². The lowest BCUT2D eigenvalue weighted by Gasteiger charge is -2.01. The Balaban J connectivity index is 2.55. The summed E-state index contributed by atoms with van der Waals surface area (Å²) in [6, 6.07) is 8.34. The van der Waals surface area contributed by atoms with Crippen molar-refractivity contribution in [1.82, 2.24) is 0 Å². The van der Waals surface area contributed by atoms with Crippen LogP contribution < -0.4 is 0 Å². The predicted octanol–water partition coefficient (Wildman–Crippen LogP) is 3.16. The van der Waals surface area contributed by atoms with Gasteiger partial charge in [-0.15, -0.1) is 0 Å². The molecule has 0 heterocycles. The summed E-state index contributed by atoms with van der Waals surface area (Å²) < 4.78 is 0. The van der Waals surface area contributed by atoms with Gasteiger partial charge in [0.25, 0.3) is 0 Å². The molecule has 76 valence electrons. The van der Waals surface area contributed by atoms with Crippen LogP contribution >= 0.6 is 0 Å². The standard InChI is InChI=1S/C13H18O/c1-3-5-13(14)10-12-8-6-11(4-2)7-9-12/h6-9H,3-5,10H2,1-2H3. The van der Waals surface area contributed by atoms with Crippen LogP contribution in [0.2, 0.25) is 0 Å². The second-order valence-electron chi connectivity index (χ2n) is 3.64. The molecule has 0 saturated carbocycles. The number of Topliss-reactive ketones (excluding diaryl/α,β-unsaturated/α-hetero) is 1. The molecule has 0 amide bonds. The normalized spacial score (nSPS) is 10.1. The predicted molar refractivity (Wildman–Crippen MR) is 59.4 cm³/mol. The van der Waals surface area contributed by atoms with Crippen molar-refractivity contribution in [2.45, 2.75) is 39.5 Å². The molecule has 1 nitrogen and oxygen atoms in total. The first-order valence-corrected chi connectivity index (χ1v) is 5.35. The zero-order valence-electron chi connectivity index (χ0n) is 9.05. The fourth-order valence-electron chi connectivity index (χ4n) is 1.49. The molecule has 0 aliphatic carbocycles. The number of carbonyl (C=O) groups excluding carboxylic acids is 1. The SMILES string of the molecule is CCCC(=O)Cc1ccc(CC)cc1. The van der Waals surface area contributed by atoms with Crippen LogP contribution in [0, 0.1) is 0 Å². The zero-order chi connectivity index (χ0) is 10.4. The van der Waals surface area contributed by atoms with E-state index in [-0.39, 0.29) is 0 Å². The average molecular weight is 190 g/mol. The van der Waals surface area contributed by atoms with E-state index in [2.05, 4.69) is 31.2 Å². The summed E-state index contributed by atoms with van der Waals surface area (Å²) in [6.07, 6.45) is 3.31. The Morgan fingerprint density at radius 3 is 2.14 bits per heavy atom. The van der Waals surface area contributed by atoms with Gasteiger partial charge < -0.3 is 0 Å². The Kier molecular flexibility index (Phi) is 4.37. The first-order chi connectivity index (χ1) is 6.76. The number of carbonyl (C=O) groups is 1. The van der Waals surface area contributed by atoms with Gasteiger partial charge in [0.15, 0.2) is 0 Å². The summed E-state index contributed by atoms with van der Waals surface area (Å²) in [5, 5.41) is 0. The van der Waals surface area contributed by atoms with Crippen molar-refractivity contribution in [1.29, 1.82) is 0 Å². The van der Waals surface area contributed by atoms with Crippen LogP contribution in [-0.2, 0) is 17.6 Å². The lowest BCUT2D eigenvalue weighted by Crippen LogP contribution is -2.01. The van der Waals surface area contributed by atoms with Gasteiger partial charge >= 0.3 is 0 Å². The summed E-state index contributed by atoms with van der Waals surface area (Å²) in [4.78, 5) is 11.4. The number of rotatable bonds is 5. The lowest BCUT2D eigenvalue weighted by molar-refractivity contribution is -0.118. The smallest absolute Gasteiger partial charge is 0.137 e. The third-order valence-corrected chi connectivity index (χ3v) is 2.36. The second kappa shape index (κ2) is 5.58. The van der Waals surface area contributed by atoms with Gasteiger partial charge in [-0.05, 0) is 24.0 Å². The summed E-state index contributed by atoms with van der Waals surface area (Å²) in [5.41, 5.74) is 2.47. The van der Waals surface area contributed by atoms with Crippen molar-refractivity contribution >= 4 is 5.78 Å². The summed E-state index contributed by atoms with van der Waals surface area (Å²) in [7, 11) is 0. The average Bonchev–Trinajstić information content (AvgIpc) is 2.19. The fraction of sp³-hybridized carbons (Fsp3) is 0.462. The first kappa shape index (κ1) is 11.0. The quantitative estimate of drug-likeness (QED) is 0.697. The van der Waals surface area contributed by atoms with E-state index in [4.69, 9.17) is 0 Å². The Hall–Kier alpha value is -1.11. The Morgan fingerprint density at radius 1 is 1.07 bits per heavy atom. The molecule has 0 atom stereocenters. The third-order valence-electron chi connectivity index (χ3n) is 2.36. The van der Waals surface area contributed by atoms with Crippen LogP contribution in [0.5, 0.6) is 0 Å². The van der Waals surface area contributed by atoms with Gasteiger partial charge in [0, 0.05) is 12.8 Å². The number of hydrogen-bond acceptors (Lipinski definition) is 1. The van der Waals surface area contributed by atoms with Gasteiger partial charge in [-0.2, -0.15) is 0 Å². The van der Waals surface area contributed by atoms with E-state index in [0.717, 1.165) is 18.4 Å². The van der Waals surface area contributed by atoms with Crippen molar-refractivity contribution in [2.24, 2.45) is 0 Å². The molecule has 0 saturated heterocycles. The summed E-state index contributed by atoms with van der Waals surface area (Å²) >= 11 is 0. The minimum atomic E-state index is 0.344. The topological polar surface area (TPSA) is 17.1 Å². The van der Waals surface area contributed by atoms with Gasteiger partial charge in [-0.1, -0.05) is 38.1 Å². The van der Waals surface area contributed by atoms with Crippen molar-refractivity contribution < 1.29 is 4.79 Å². The van der Waals surface area contributed by atoms with E-state index < -0.39 is 0 Å². The molecule has 1 rings (SSSR count). The maximum Gasteiger partial charge on any atom is 0.137 e. The molecule has 0 aliphatic heterocycles. The monoisotopic (exact) mass is 190 g/mol. The van der Waals surface area contributed by atoms with E-state index >= 15 is 0 Å². The highest BCUT2D eigenvalue weighted by atomic mass is 16.1. The van der Waals surface area contributed by atoms with E-state index in [1.807, 2.05) is 6.92 Å². The van der Waals surface area contributed by atoms with Gasteiger partial charge in [0.1, 0.15) is 5.78 Å².